The highest BCUT2D eigenvalue weighted by Crippen LogP contribution is 2.07. The minimum Gasteiger partial charge on any atom is -0.352 e. The SMILES string of the molecule is O=C(CCN1CCCC1)NCc1ccncc1. The number of rotatable bonds is 5. The molecule has 1 aromatic heterocycles. The molecule has 0 aliphatic carbocycles. The number of carbonyl (C=O) groups is 1. The van der Waals surface area contributed by atoms with Crippen molar-refractivity contribution in [3.05, 3.63) is 30.1 Å². The van der Waals surface area contributed by atoms with Crippen LogP contribution in [0.15, 0.2) is 24.5 Å². The minimum absolute atomic E-state index is 0.133. The molecular weight excluding hydrogens is 214 g/mol. The molecule has 0 atom stereocenters. The molecule has 1 N–H and O–H groups in total. The second-order valence-electron chi connectivity index (χ2n) is 4.43. The van der Waals surface area contributed by atoms with Gasteiger partial charge in [0.25, 0.3) is 0 Å². The largest absolute Gasteiger partial charge is 0.352 e. The van der Waals surface area contributed by atoms with E-state index >= 15 is 0 Å². The summed E-state index contributed by atoms with van der Waals surface area (Å²) >= 11 is 0. The summed E-state index contributed by atoms with van der Waals surface area (Å²) in [5, 5.41) is 2.93. The molecule has 1 saturated heterocycles. The lowest BCUT2D eigenvalue weighted by atomic mass is 10.2. The van der Waals surface area contributed by atoms with Crippen molar-refractivity contribution in [3.8, 4) is 0 Å². The quantitative estimate of drug-likeness (QED) is 0.830. The molecule has 17 heavy (non-hydrogen) atoms. The lowest BCUT2D eigenvalue weighted by Gasteiger charge is -2.13. The monoisotopic (exact) mass is 233 g/mol. The van der Waals surface area contributed by atoms with E-state index in [0.29, 0.717) is 13.0 Å². The fourth-order valence-electron chi connectivity index (χ4n) is 2.06. The van der Waals surface area contributed by atoms with Crippen molar-refractivity contribution in [2.45, 2.75) is 25.8 Å². The first-order chi connectivity index (χ1) is 8.34. The van der Waals surface area contributed by atoms with Crippen LogP contribution in [0.5, 0.6) is 0 Å². The molecule has 4 heteroatoms. The molecule has 0 spiro atoms. The third-order valence-corrected chi connectivity index (χ3v) is 3.09. The van der Waals surface area contributed by atoms with Gasteiger partial charge in [-0.05, 0) is 43.6 Å². The van der Waals surface area contributed by atoms with Gasteiger partial charge in [-0.15, -0.1) is 0 Å². The van der Waals surface area contributed by atoms with Crippen molar-refractivity contribution in [3.63, 3.8) is 0 Å². The van der Waals surface area contributed by atoms with Gasteiger partial charge in [0.2, 0.25) is 5.91 Å². The predicted molar refractivity (Wildman–Crippen MR) is 66.4 cm³/mol. The first kappa shape index (κ1) is 12.0. The molecule has 2 heterocycles. The molecule has 0 radical (unpaired) electrons. The number of nitrogens with zero attached hydrogens (tertiary/aromatic N) is 2. The summed E-state index contributed by atoms with van der Waals surface area (Å²) in [4.78, 5) is 17.9. The van der Waals surface area contributed by atoms with Gasteiger partial charge in [-0.25, -0.2) is 0 Å². The molecule has 92 valence electrons. The molecule has 1 aliphatic rings. The van der Waals surface area contributed by atoms with Gasteiger partial charge >= 0.3 is 0 Å². The van der Waals surface area contributed by atoms with E-state index in [9.17, 15) is 4.79 Å². The fourth-order valence-corrected chi connectivity index (χ4v) is 2.06. The van der Waals surface area contributed by atoms with Gasteiger partial charge in [0.1, 0.15) is 0 Å². The van der Waals surface area contributed by atoms with Gasteiger partial charge in [0.05, 0.1) is 0 Å². The number of aromatic nitrogens is 1. The van der Waals surface area contributed by atoms with Gasteiger partial charge in [-0.3, -0.25) is 9.78 Å². The fraction of sp³-hybridized carbons (Fsp3) is 0.538. The topological polar surface area (TPSA) is 45.2 Å². The maximum atomic E-state index is 11.6. The van der Waals surface area contributed by atoms with E-state index in [1.54, 1.807) is 12.4 Å². The van der Waals surface area contributed by atoms with Crippen LogP contribution in [0.3, 0.4) is 0 Å². The lowest BCUT2D eigenvalue weighted by molar-refractivity contribution is -0.121. The van der Waals surface area contributed by atoms with Crippen LogP contribution >= 0.6 is 0 Å². The number of likely N-dealkylation sites (tertiary alicyclic amines) is 1. The maximum Gasteiger partial charge on any atom is 0.221 e. The Kier molecular flexibility index (Phi) is 4.50. The van der Waals surface area contributed by atoms with Gasteiger partial charge < -0.3 is 10.2 Å². The molecule has 1 amide bonds. The Balaban J connectivity index is 1.64. The Morgan fingerprint density at radius 1 is 1.29 bits per heavy atom. The number of hydrogen-bond acceptors (Lipinski definition) is 3. The summed E-state index contributed by atoms with van der Waals surface area (Å²) in [6.45, 7) is 3.79. The molecule has 1 aromatic rings. The predicted octanol–water partition coefficient (Wildman–Crippen LogP) is 1.18. The Labute approximate surface area is 102 Å². The van der Waals surface area contributed by atoms with Crippen LogP contribution < -0.4 is 5.32 Å². The van der Waals surface area contributed by atoms with Crippen LogP contribution in [0.25, 0.3) is 0 Å². The van der Waals surface area contributed by atoms with Crippen molar-refractivity contribution >= 4 is 5.91 Å². The van der Waals surface area contributed by atoms with E-state index in [2.05, 4.69) is 15.2 Å². The summed E-state index contributed by atoms with van der Waals surface area (Å²) in [7, 11) is 0. The standard InChI is InChI=1S/C13H19N3O/c17-13(5-10-16-8-1-2-9-16)15-11-12-3-6-14-7-4-12/h3-4,6-7H,1-2,5,8-11H2,(H,15,17). The van der Waals surface area contributed by atoms with Gasteiger partial charge in [-0.1, -0.05) is 0 Å². The zero-order valence-electron chi connectivity index (χ0n) is 10.1. The second kappa shape index (κ2) is 6.35. The van der Waals surface area contributed by atoms with Crippen molar-refractivity contribution in [1.29, 1.82) is 0 Å². The Hall–Kier alpha value is -1.42. The zero-order chi connectivity index (χ0) is 11.9. The summed E-state index contributed by atoms with van der Waals surface area (Å²) in [6, 6.07) is 3.83. The average Bonchev–Trinajstić information content (AvgIpc) is 2.88. The summed E-state index contributed by atoms with van der Waals surface area (Å²) in [5.41, 5.74) is 1.09. The van der Waals surface area contributed by atoms with E-state index < -0.39 is 0 Å². The number of carbonyl (C=O) groups excluding carboxylic acids is 1. The number of pyridine rings is 1. The highest BCUT2D eigenvalue weighted by atomic mass is 16.1. The van der Waals surface area contributed by atoms with Gasteiger partial charge in [-0.2, -0.15) is 0 Å². The first-order valence-electron chi connectivity index (χ1n) is 6.22. The highest BCUT2D eigenvalue weighted by molar-refractivity contribution is 5.76. The van der Waals surface area contributed by atoms with E-state index in [0.717, 1.165) is 25.2 Å². The third-order valence-electron chi connectivity index (χ3n) is 3.09. The van der Waals surface area contributed by atoms with Crippen LogP contribution in [0.2, 0.25) is 0 Å². The first-order valence-corrected chi connectivity index (χ1v) is 6.22. The number of nitrogens with one attached hydrogen (secondary N) is 1. The second-order valence-corrected chi connectivity index (χ2v) is 4.43. The molecule has 0 unspecified atom stereocenters. The Bertz CT molecular complexity index is 347. The molecular formula is C13H19N3O. The smallest absolute Gasteiger partial charge is 0.221 e. The molecule has 0 aromatic carbocycles. The molecule has 1 fully saturated rings. The summed E-state index contributed by atoms with van der Waals surface area (Å²) in [6.07, 6.45) is 6.64. The number of amides is 1. The van der Waals surface area contributed by atoms with Crippen molar-refractivity contribution in [1.82, 2.24) is 15.2 Å². The minimum atomic E-state index is 0.133. The zero-order valence-corrected chi connectivity index (χ0v) is 10.1. The highest BCUT2D eigenvalue weighted by Gasteiger charge is 2.12. The summed E-state index contributed by atoms with van der Waals surface area (Å²) < 4.78 is 0. The Morgan fingerprint density at radius 3 is 2.71 bits per heavy atom. The van der Waals surface area contributed by atoms with Crippen LogP contribution in [0.4, 0.5) is 0 Å². The van der Waals surface area contributed by atoms with Gasteiger partial charge in [0, 0.05) is 31.9 Å². The van der Waals surface area contributed by atoms with E-state index in [-0.39, 0.29) is 5.91 Å². The normalized spacial score (nSPS) is 16.0. The van der Waals surface area contributed by atoms with E-state index in [4.69, 9.17) is 0 Å². The van der Waals surface area contributed by atoms with Crippen LogP contribution in [0.1, 0.15) is 24.8 Å². The van der Waals surface area contributed by atoms with Crippen LogP contribution in [-0.2, 0) is 11.3 Å². The third kappa shape index (κ3) is 4.15. The van der Waals surface area contributed by atoms with Gasteiger partial charge in [0.15, 0.2) is 0 Å². The number of hydrogen-bond donors (Lipinski definition) is 1. The summed E-state index contributed by atoms with van der Waals surface area (Å²) in [5.74, 6) is 0.133. The van der Waals surface area contributed by atoms with Crippen LogP contribution in [-0.4, -0.2) is 35.4 Å². The van der Waals surface area contributed by atoms with Crippen molar-refractivity contribution < 1.29 is 4.79 Å². The van der Waals surface area contributed by atoms with Crippen molar-refractivity contribution in [2.24, 2.45) is 0 Å². The van der Waals surface area contributed by atoms with E-state index in [1.807, 2.05) is 12.1 Å². The molecule has 2 rings (SSSR count). The van der Waals surface area contributed by atoms with Crippen molar-refractivity contribution in [2.75, 3.05) is 19.6 Å². The average molecular weight is 233 g/mol. The molecule has 1 aliphatic heterocycles. The van der Waals surface area contributed by atoms with Crippen LogP contribution in [0, 0.1) is 0 Å². The lowest BCUT2D eigenvalue weighted by Crippen LogP contribution is -2.29. The Morgan fingerprint density at radius 2 is 2.00 bits per heavy atom. The molecule has 4 nitrogen and oxygen atoms in total. The molecule has 0 bridgehead atoms. The van der Waals surface area contributed by atoms with E-state index in [1.165, 1.54) is 12.8 Å². The maximum absolute atomic E-state index is 11.6. The molecule has 0 saturated carbocycles.